The molecule has 10 heteroatoms. The van der Waals surface area contributed by atoms with E-state index in [9.17, 15) is 9.59 Å². The van der Waals surface area contributed by atoms with E-state index in [1.807, 2.05) is 60.7 Å². The van der Waals surface area contributed by atoms with Crippen LogP contribution in [0.15, 0.2) is 102 Å². The van der Waals surface area contributed by atoms with Crippen molar-refractivity contribution in [2.24, 2.45) is 0 Å². The molecule has 3 heterocycles. The number of nitrogens with one attached hydrogen (secondary N) is 3. The Morgan fingerprint density at radius 2 is 1.62 bits per heavy atom. The van der Waals surface area contributed by atoms with Crippen LogP contribution in [0.5, 0.6) is 0 Å². The summed E-state index contributed by atoms with van der Waals surface area (Å²) in [6, 6.07) is 26.1. The molecule has 196 valence electrons. The Hall–Kier alpha value is -5.77. The third-order valence-corrected chi connectivity index (χ3v) is 6.26. The van der Waals surface area contributed by atoms with Crippen LogP contribution >= 0.6 is 0 Å². The molecule has 0 aliphatic rings. The Morgan fingerprint density at radius 1 is 0.825 bits per heavy atom. The molecule has 0 spiro atoms. The van der Waals surface area contributed by atoms with Crippen molar-refractivity contribution >= 4 is 51.1 Å². The Morgan fingerprint density at radius 3 is 2.48 bits per heavy atom. The number of anilines is 3. The molecule has 6 rings (SSSR count). The van der Waals surface area contributed by atoms with E-state index in [1.165, 1.54) is 12.5 Å². The van der Waals surface area contributed by atoms with E-state index in [-0.39, 0.29) is 12.2 Å². The molecule has 3 aromatic carbocycles. The fourth-order valence-electron chi connectivity index (χ4n) is 4.39. The van der Waals surface area contributed by atoms with Crippen molar-refractivity contribution < 1.29 is 19.1 Å². The van der Waals surface area contributed by atoms with Gasteiger partial charge in [-0.25, -0.2) is 14.8 Å². The van der Waals surface area contributed by atoms with E-state index < -0.39 is 12.0 Å². The number of carbonyl (C=O) groups is 2. The number of benzene rings is 3. The number of fused-ring (bicyclic) bond motifs is 3. The lowest BCUT2D eigenvalue weighted by atomic mass is 10.1. The standard InChI is InChI=1S/C30H22N6O4/c37-29(25-14-18(12-13-31-25)16-32-30(38)39)36-20-10-8-19(9-11-20)35-27-15-24(33-17-34-27)23-6-3-5-22-21-4-1-2-7-26(21)40-28(22)23/h1-15,17,32H,16H2,(H,36,37)(H,38,39)(H,33,34,35). The molecule has 0 fully saturated rings. The molecule has 0 aliphatic heterocycles. The zero-order valence-electron chi connectivity index (χ0n) is 21.0. The van der Waals surface area contributed by atoms with Gasteiger partial charge in [-0.15, -0.1) is 0 Å². The van der Waals surface area contributed by atoms with E-state index in [0.29, 0.717) is 17.1 Å². The average Bonchev–Trinajstić information content (AvgIpc) is 3.36. The second-order valence-electron chi connectivity index (χ2n) is 8.93. The van der Waals surface area contributed by atoms with Crippen LogP contribution in [0, 0.1) is 0 Å². The molecule has 0 bridgehead atoms. The number of carboxylic acid groups (broad SMARTS) is 1. The van der Waals surface area contributed by atoms with Crippen LogP contribution < -0.4 is 16.0 Å². The van der Waals surface area contributed by atoms with E-state index in [1.54, 1.807) is 24.3 Å². The second-order valence-corrected chi connectivity index (χ2v) is 8.93. The maximum atomic E-state index is 12.7. The minimum Gasteiger partial charge on any atom is -0.465 e. The van der Waals surface area contributed by atoms with Gasteiger partial charge in [0, 0.05) is 46.5 Å². The van der Waals surface area contributed by atoms with Gasteiger partial charge in [-0.05, 0) is 54.1 Å². The minimum absolute atomic E-state index is 0.0800. The summed E-state index contributed by atoms with van der Waals surface area (Å²) in [5.74, 6) is 0.198. The Kier molecular flexibility index (Phi) is 6.47. The Balaban J connectivity index is 1.16. The molecule has 0 saturated heterocycles. The maximum absolute atomic E-state index is 12.7. The van der Waals surface area contributed by atoms with Crippen LogP contribution in [0.4, 0.5) is 22.0 Å². The highest BCUT2D eigenvalue weighted by Crippen LogP contribution is 2.35. The second kappa shape index (κ2) is 10.5. The molecular formula is C30H22N6O4. The summed E-state index contributed by atoms with van der Waals surface area (Å²) in [6.07, 6.45) is 1.82. The van der Waals surface area contributed by atoms with Gasteiger partial charge in [0.15, 0.2) is 0 Å². The number of rotatable bonds is 7. The number of aromatic nitrogens is 3. The molecule has 4 N–H and O–H groups in total. The number of hydrogen-bond donors (Lipinski definition) is 4. The highest BCUT2D eigenvalue weighted by Gasteiger charge is 2.14. The Bertz CT molecular complexity index is 1870. The Labute approximate surface area is 227 Å². The van der Waals surface area contributed by atoms with Crippen molar-refractivity contribution in [3.63, 3.8) is 0 Å². The zero-order chi connectivity index (χ0) is 27.5. The summed E-state index contributed by atoms with van der Waals surface area (Å²) in [7, 11) is 0. The molecule has 0 aliphatic carbocycles. The summed E-state index contributed by atoms with van der Waals surface area (Å²) in [5, 5.41) is 19.2. The van der Waals surface area contributed by atoms with E-state index in [0.717, 1.165) is 38.9 Å². The smallest absolute Gasteiger partial charge is 0.404 e. The lowest BCUT2D eigenvalue weighted by Gasteiger charge is -2.10. The van der Waals surface area contributed by atoms with Gasteiger partial charge in [-0.3, -0.25) is 9.78 Å². The largest absolute Gasteiger partial charge is 0.465 e. The van der Waals surface area contributed by atoms with Crippen LogP contribution in [0.1, 0.15) is 16.1 Å². The van der Waals surface area contributed by atoms with Crippen molar-refractivity contribution in [1.82, 2.24) is 20.3 Å². The molecule has 3 aromatic heterocycles. The van der Waals surface area contributed by atoms with Gasteiger partial charge in [-0.1, -0.05) is 30.3 Å². The number of furan rings is 1. The van der Waals surface area contributed by atoms with Crippen molar-refractivity contribution in [2.45, 2.75) is 6.54 Å². The highest BCUT2D eigenvalue weighted by molar-refractivity contribution is 6.09. The number of nitrogens with zero attached hydrogens (tertiary/aromatic N) is 3. The molecule has 0 atom stereocenters. The minimum atomic E-state index is -1.14. The maximum Gasteiger partial charge on any atom is 0.404 e. The van der Waals surface area contributed by atoms with Gasteiger partial charge < -0.3 is 25.5 Å². The van der Waals surface area contributed by atoms with Crippen LogP contribution in [0.25, 0.3) is 33.2 Å². The summed E-state index contributed by atoms with van der Waals surface area (Å²) in [5.41, 5.74) is 5.33. The normalized spacial score (nSPS) is 10.9. The number of hydrogen-bond acceptors (Lipinski definition) is 7. The van der Waals surface area contributed by atoms with Gasteiger partial charge in [0.2, 0.25) is 0 Å². The lowest BCUT2D eigenvalue weighted by molar-refractivity contribution is 0.102. The number of carbonyl (C=O) groups excluding carboxylic acids is 1. The highest BCUT2D eigenvalue weighted by atomic mass is 16.4. The monoisotopic (exact) mass is 530 g/mol. The quantitative estimate of drug-likeness (QED) is 0.191. The van der Waals surface area contributed by atoms with Crippen LogP contribution in [-0.2, 0) is 6.54 Å². The molecule has 0 unspecified atom stereocenters. The SMILES string of the molecule is O=C(O)NCc1ccnc(C(=O)Nc2ccc(Nc3cc(-c4cccc5c4oc4ccccc45)ncn3)cc2)c1. The van der Waals surface area contributed by atoms with E-state index in [2.05, 4.69) is 30.9 Å². The van der Waals surface area contributed by atoms with Crippen molar-refractivity contribution in [3.8, 4) is 11.3 Å². The first-order valence-electron chi connectivity index (χ1n) is 12.4. The topological polar surface area (TPSA) is 142 Å². The van der Waals surface area contributed by atoms with Crippen LogP contribution in [0.2, 0.25) is 0 Å². The van der Waals surface area contributed by atoms with Crippen molar-refractivity contribution in [3.05, 3.63) is 109 Å². The van der Waals surface area contributed by atoms with Gasteiger partial charge in [0.1, 0.15) is 29.0 Å². The molecule has 0 radical (unpaired) electrons. The third-order valence-electron chi connectivity index (χ3n) is 6.26. The summed E-state index contributed by atoms with van der Waals surface area (Å²) < 4.78 is 6.15. The predicted molar refractivity (Wildman–Crippen MR) is 152 cm³/mol. The lowest BCUT2D eigenvalue weighted by Crippen LogP contribution is -2.20. The van der Waals surface area contributed by atoms with Gasteiger partial charge in [0.25, 0.3) is 5.91 Å². The number of para-hydroxylation sites is 2. The van der Waals surface area contributed by atoms with Gasteiger partial charge in [0.05, 0.1) is 5.69 Å². The first-order chi connectivity index (χ1) is 19.5. The van der Waals surface area contributed by atoms with Crippen molar-refractivity contribution in [1.29, 1.82) is 0 Å². The molecule has 10 nitrogen and oxygen atoms in total. The molecule has 2 amide bonds. The number of amides is 2. The molecular weight excluding hydrogens is 508 g/mol. The van der Waals surface area contributed by atoms with Crippen LogP contribution in [-0.4, -0.2) is 32.1 Å². The van der Waals surface area contributed by atoms with Crippen LogP contribution in [0.3, 0.4) is 0 Å². The summed E-state index contributed by atoms with van der Waals surface area (Å²) in [6.45, 7) is 0.0800. The number of pyridine rings is 1. The van der Waals surface area contributed by atoms with E-state index in [4.69, 9.17) is 9.52 Å². The van der Waals surface area contributed by atoms with E-state index >= 15 is 0 Å². The molecule has 40 heavy (non-hydrogen) atoms. The average molecular weight is 531 g/mol. The summed E-state index contributed by atoms with van der Waals surface area (Å²) in [4.78, 5) is 36.3. The molecule has 0 saturated carbocycles. The predicted octanol–water partition coefficient (Wildman–Crippen LogP) is 6.20. The molecule has 6 aromatic rings. The fraction of sp³-hybridized carbons (Fsp3) is 0.0333. The fourth-order valence-corrected chi connectivity index (χ4v) is 4.39. The van der Waals surface area contributed by atoms with Gasteiger partial charge >= 0.3 is 6.09 Å². The first-order valence-corrected chi connectivity index (χ1v) is 12.4. The zero-order valence-corrected chi connectivity index (χ0v) is 21.0. The summed E-state index contributed by atoms with van der Waals surface area (Å²) >= 11 is 0. The van der Waals surface area contributed by atoms with Gasteiger partial charge in [-0.2, -0.15) is 0 Å². The van der Waals surface area contributed by atoms with Crippen molar-refractivity contribution in [2.75, 3.05) is 10.6 Å². The third kappa shape index (κ3) is 5.14. The first kappa shape index (κ1) is 24.6.